The molecule has 0 spiro atoms. The van der Waals surface area contributed by atoms with Gasteiger partial charge in [0.2, 0.25) is 0 Å². The molecule has 1 aromatic rings. The van der Waals surface area contributed by atoms with E-state index in [1.807, 2.05) is 0 Å². The van der Waals surface area contributed by atoms with Crippen molar-refractivity contribution in [1.82, 2.24) is 0 Å². The summed E-state index contributed by atoms with van der Waals surface area (Å²) >= 11 is 0. The molecule has 0 heterocycles. The van der Waals surface area contributed by atoms with Crippen LogP contribution in [0.2, 0.25) is 0 Å². The first-order chi connectivity index (χ1) is 6.96. The molecule has 0 saturated carbocycles. The van der Waals surface area contributed by atoms with E-state index in [0.29, 0.717) is 13.1 Å². The topological polar surface area (TPSA) is 29.3 Å². The maximum atomic E-state index is 12.6. The summed E-state index contributed by atoms with van der Waals surface area (Å²) < 4.78 is 37.8. The first-order valence-corrected chi connectivity index (χ1v) is 4.54. The van der Waals surface area contributed by atoms with Crippen LogP contribution >= 0.6 is 0 Å². The average Bonchev–Trinajstić information content (AvgIpc) is 2.17. The van der Waals surface area contributed by atoms with Gasteiger partial charge < -0.3 is 10.6 Å². The van der Waals surface area contributed by atoms with Crippen molar-refractivity contribution in [3.63, 3.8) is 0 Å². The summed E-state index contributed by atoms with van der Waals surface area (Å²) in [7, 11) is 1.59. The van der Waals surface area contributed by atoms with Crippen molar-refractivity contribution in [2.45, 2.75) is 6.18 Å². The van der Waals surface area contributed by atoms with E-state index < -0.39 is 11.7 Å². The molecule has 2 nitrogen and oxygen atoms in total. The number of halogens is 3. The van der Waals surface area contributed by atoms with E-state index in [4.69, 9.17) is 5.73 Å². The van der Waals surface area contributed by atoms with Gasteiger partial charge in [-0.05, 0) is 12.1 Å². The third-order valence-electron chi connectivity index (χ3n) is 2.09. The molecule has 0 aliphatic rings. The molecule has 0 amide bonds. The van der Waals surface area contributed by atoms with Gasteiger partial charge in [-0.2, -0.15) is 13.2 Å². The number of hydrogen-bond donors (Lipinski definition) is 1. The Morgan fingerprint density at radius 2 is 1.87 bits per heavy atom. The van der Waals surface area contributed by atoms with Crippen LogP contribution in [-0.4, -0.2) is 20.1 Å². The standard InChI is InChI=1S/C10H13F3N2/c1-15(7-6-14)9-5-3-2-4-8(9)10(11,12)13/h2-5H,6-7,14H2,1H3. The summed E-state index contributed by atoms with van der Waals surface area (Å²) in [4.78, 5) is 1.50. The summed E-state index contributed by atoms with van der Waals surface area (Å²) in [6, 6.07) is 5.47. The van der Waals surface area contributed by atoms with Crippen LogP contribution in [0.1, 0.15) is 5.56 Å². The normalized spacial score (nSPS) is 11.5. The summed E-state index contributed by atoms with van der Waals surface area (Å²) in [5.41, 5.74) is 4.84. The number of nitrogens with two attached hydrogens (primary N) is 1. The first-order valence-electron chi connectivity index (χ1n) is 4.54. The number of likely N-dealkylation sites (N-methyl/N-ethyl adjacent to an activating group) is 1. The highest BCUT2D eigenvalue weighted by Gasteiger charge is 2.33. The van der Waals surface area contributed by atoms with Gasteiger partial charge in [0.1, 0.15) is 0 Å². The smallest absolute Gasteiger partial charge is 0.373 e. The SMILES string of the molecule is CN(CCN)c1ccccc1C(F)(F)F. The Morgan fingerprint density at radius 3 is 2.40 bits per heavy atom. The number of nitrogens with zero attached hydrogens (tertiary/aromatic N) is 1. The highest BCUT2D eigenvalue weighted by Crippen LogP contribution is 2.35. The van der Waals surface area contributed by atoms with Crippen LogP contribution in [0, 0.1) is 0 Å². The minimum absolute atomic E-state index is 0.162. The lowest BCUT2D eigenvalue weighted by atomic mass is 10.1. The maximum Gasteiger partial charge on any atom is 0.418 e. The molecule has 2 N–H and O–H groups in total. The monoisotopic (exact) mass is 218 g/mol. The van der Waals surface area contributed by atoms with Gasteiger partial charge in [-0.25, -0.2) is 0 Å². The molecule has 0 fully saturated rings. The summed E-state index contributed by atoms with van der Waals surface area (Å²) in [5.74, 6) is 0. The molecule has 0 atom stereocenters. The minimum atomic E-state index is -4.32. The van der Waals surface area contributed by atoms with E-state index in [0.717, 1.165) is 6.07 Å². The van der Waals surface area contributed by atoms with Crippen molar-refractivity contribution in [3.05, 3.63) is 29.8 Å². The van der Waals surface area contributed by atoms with E-state index in [2.05, 4.69) is 0 Å². The predicted octanol–water partition coefficient (Wildman–Crippen LogP) is 2.10. The molecular formula is C10H13F3N2. The van der Waals surface area contributed by atoms with E-state index in [9.17, 15) is 13.2 Å². The zero-order valence-electron chi connectivity index (χ0n) is 8.38. The van der Waals surface area contributed by atoms with Gasteiger partial charge in [0, 0.05) is 25.8 Å². The number of rotatable bonds is 3. The van der Waals surface area contributed by atoms with Gasteiger partial charge >= 0.3 is 6.18 Å². The summed E-state index contributed by atoms with van der Waals surface area (Å²) in [6.45, 7) is 0.718. The molecule has 1 aromatic carbocycles. The molecule has 0 aromatic heterocycles. The van der Waals surface area contributed by atoms with Crippen LogP contribution in [0.5, 0.6) is 0 Å². The minimum Gasteiger partial charge on any atom is -0.373 e. The molecule has 84 valence electrons. The van der Waals surface area contributed by atoms with Crippen LogP contribution in [0.15, 0.2) is 24.3 Å². The molecule has 0 aliphatic carbocycles. The third-order valence-corrected chi connectivity index (χ3v) is 2.09. The fourth-order valence-electron chi connectivity index (χ4n) is 1.36. The summed E-state index contributed by atoms with van der Waals surface area (Å²) in [6.07, 6.45) is -4.32. The molecular weight excluding hydrogens is 205 g/mol. The Labute approximate surface area is 86.5 Å². The molecule has 5 heteroatoms. The van der Waals surface area contributed by atoms with E-state index >= 15 is 0 Å². The van der Waals surface area contributed by atoms with Gasteiger partial charge in [-0.15, -0.1) is 0 Å². The second-order valence-corrected chi connectivity index (χ2v) is 3.23. The van der Waals surface area contributed by atoms with Gasteiger partial charge in [0.25, 0.3) is 0 Å². The zero-order chi connectivity index (χ0) is 11.5. The zero-order valence-corrected chi connectivity index (χ0v) is 8.38. The highest BCUT2D eigenvalue weighted by atomic mass is 19.4. The van der Waals surface area contributed by atoms with Crippen molar-refractivity contribution in [1.29, 1.82) is 0 Å². The predicted molar refractivity (Wildman–Crippen MR) is 53.8 cm³/mol. The van der Waals surface area contributed by atoms with Crippen molar-refractivity contribution in [2.75, 3.05) is 25.0 Å². The molecule has 0 aliphatic heterocycles. The Kier molecular flexibility index (Phi) is 3.57. The number of alkyl halides is 3. The van der Waals surface area contributed by atoms with Crippen LogP contribution in [0.25, 0.3) is 0 Å². The summed E-state index contributed by atoms with van der Waals surface area (Å²) in [5, 5.41) is 0. The maximum absolute atomic E-state index is 12.6. The molecule has 0 radical (unpaired) electrons. The van der Waals surface area contributed by atoms with Crippen molar-refractivity contribution >= 4 is 5.69 Å². The molecule has 0 saturated heterocycles. The van der Waals surface area contributed by atoms with Gasteiger partial charge in [0.05, 0.1) is 5.56 Å². The molecule has 15 heavy (non-hydrogen) atoms. The van der Waals surface area contributed by atoms with Crippen LogP contribution in [0.4, 0.5) is 18.9 Å². The van der Waals surface area contributed by atoms with E-state index in [1.54, 1.807) is 13.1 Å². The lowest BCUT2D eigenvalue weighted by molar-refractivity contribution is -0.137. The van der Waals surface area contributed by atoms with E-state index in [1.165, 1.54) is 17.0 Å². The molecule has 0 unspecified atom stereocenters. The second kappa shape index (κ2) is 4.53. The first kappa shape index (κ1) is 11.8. The van der Waals surface area contributed by atoms with Crippen molar-refractivity contribution < 1.29 is 13.2 Å². The number of benzene rings is 1. The van der Waals surface area contributed by atoms with Crippen LogP contribution < -0.4 is 10.6 Å². The average molecular weight is 218 g/mol. The molecule has 1 rings (SSSR count). The third kappa shape index (κ3) is 2.86. The van der Waals surface area contributed by atoms with Crippen molar-refractivity contribution in [2.24, 2.45) is 5.73 Å². The Morgan fingerprint density at radius 1 is 1.27 bits per heavy atom. The Balaban J connectivity index is 3.06. The van der Waals surface area contributed by atoms with Gasteiger partial charge in [0.15, 0.2) is 0 Å². The fourth-order valence-corrected chi connectivity index (χ4v) is 1.36. The van der Waals surface area contributed by atoms with Crippen LogP contribution in [0.3, 0.4) is 0 Å². The Bertz CT molecular complexity index is 323. The van der Waals surface area contributed by atoms with Gasteiger partial charge in [-0.3, -0.25) is 0 Å². The quantitative estimate of drug-likeness (QED) is 0.841. The Hall–Kier alpha value is -1.23. The second-order valence-electron chi connectivity index (χ2n) is 3.23. The highest BCUT2D eigenvalue weighted by molar-refractivity contribution is 5.54. The van der Waals surface area contributed by atoms with Crippen LogP contribution in [-0.2, 0) is 6.18 Å². The fraction of sp³-hybridized carbons (Fsp3) is 0.400. The number of hydrogen-bond acceptors (Lipinski definition) is 2. The molecule has 0 bridgehead atoms. The lowest BCUT2D eigenvalue weighted by Crippen LogP contribution is -2.27. The number of para-hydroxylation sites is 1. The van der Waals surface area contributed by atoms with Gasteiger partial charge in [-0.1, -0.05) is 12.1 Å². The largest absolute Gasteiger partial charge is 0.418 e. The van der Waals surface area contributed by atoms with Crippen molar-refractivity contribution in [3.8, 4) is 0 Å². The number of anilines is 1. The van der Waals surface area contributed by atoms with E-state index in [-0.39, 0.29) is 5.69 Å². The lowest BCUT2D eigenvalue weighted by Gasteiger charge is -2.22.